The van der Waals surface area contributed by atoms with Gasteiger partial charge in [0.25, 0.3) is 0 Å². The van der Waals surface area contributed by atoms with Crippen molar-refractivity contribution in [2.24, 2.45) is 0 Å². The standard InChI is InChI=1S/C15H24N3O15/c19-9(1-4-16(24)25)30-7-8-12(22)13(23)14(32-10(20)2-5-17(26)27)15(31-8)33-11(21)3-6-18(28)29/h8,12-15,22-24,26,28H,1-7H2/q-3/t8-,12-,13+,14-,15+/m1/s1. The van der Waals surface area contributed by atoms with Crippen molar-refractivity contribution in [2.75, 3.05) is 26.2 Å². The molecule has 0 radical (unpaired) electrons. The van der Waals surface area contributed by atoms with E-state index in [1.54, 1.807) is 0 Å². The quantitative estimate of drug-likeness (QED) is 0.0996. The average molecular weight is 486 g/mol. The zero-order valence-corrected chi connectivity index (χ0v) is 17.0. The Hall–Kier alpha value is -2.07. The molecule has 1 rings (SSSR count). The number of esters is 3. The summed E-state index contributed by atoms with van der Waals surface area (Å²) < 4.78 is 19.8. The van der Waals surface area contributed by atoms with Crippen LogP contribution in [0.4, 0.5) is 0 Å². The van der Waals surface area contributed by atoms with Crippen molar-refractivity contribution in [2.45, 2.75) is 50.0 Å². The largest absolute Gasteiger partial charge is 0.762 e. The zero-order chi connectivity index (χ0) is 25.1. The number of hydrogen-bond acceptors (Lipinski definition) is 18. The van der Waals surface area contributed by atoms with E-state index in [0.29, 0.717) is 0 Å². The van der Waals surface area contributed by atoms with E-state index in [-0.39, 0.29) is 0 Å². The monoisotopic (exact) mass is 486 g/mol. The Kier molecular flexibility index (Phi) is 12.5. The lowest BCUT2D eigenvalue weighted by molar-refractivity contribution is -0.297. The number of aliphatic hydroxyl groups is 2. The van der Waals surface area contributed by atoms with Crippen LogP contribution in [0.5, 0.6) is 0 Å². The molecule has 0 amide bonds. The molecule has 5 atom stereocenters. The van der Waals surface area contributed by atoms with Crippen molar-refractivity contribution < 1.29 is 59.2 Å². The molecule has 1 aliphatic heterocycles. The fraction of sp³-hybridized carbons (Fsp3) is 0.800. The second-order valence-electron chi connectivity index (χ2n) is 6.63. The maximum absolute atomic E-state index is 11.9. The van der Waals surface area contributed by atoms with Gasteiger partial charge in [-0.3, -0.25) is 30.1 Å². The van der Waals surface area contributed by atoms with Crippen LogP contribution < -0.4 is 0 Å². The molecule has 0 bridgehead atoms. The van der Waals surface area contributed by atoms with E-state index in [1.807, 2.05) is 0 Å². The highest BCUT2D eigenvalue weighted by atomic mass is 16.8. The minimum Gasteiger partial charge on any atom is -0.762 e. The molecule has 18 nitrogen and oxygen atoms in total. The number of carbonyl (C=O) groups excluding carboxylic acids is 3. The SMILES string of the molecule is O=C(CCN([O-])O)OC[C@H]1O[C@@H](OC(=O)CCN([O-])O)[C@H](OC(=O)CCN([O-])O)[C@@H](O)[C@@H]1O. The number of hydrogen-bond donors (Lipinski definition) is 5. The predicted molar refractivity (Wildman–Crippen MR) is 97.0 cm³/mol. The van der Waals surface area contributed by atoms with Crippen molar-refractivity contribution in [3.63, 3.8) is 0 Å². The van der Waals surface area contributed by atoms with Gasteiger partial charge in [0.05, 0.1) is 19.3 Å². The second kappa shape index (κ2) is 14.2. The summed E-state index contributed by atoms with van der Waals surface area (Å²) in [6.45, 7) is -2.71. The van der Waals surface area contributed by atoms with Crippen LogP contribution in [0.15, 0.2) is 0 Å². The van der Waals surface area contributed by atoms with Crippen molar-refractivity contribution in [1.82, 2.24) is 15.7 Å². The Bertz CT molecular complexity index is 632. The summed E-state index contributed by atoms with van der Waals surface area (Å²) in [7, 11) is 0. The molecule has 33 heavy (non-hydrogen) atoms. The topological polar surface area (TPSA) is 268 Å². The first-order chi connectivity index (χ1) is 15.4. The summed E-state index contributed by atoms with van der Waals surface area (Å²) in [5, 5.41) is 75.9. The third kappa shape index (κ3) is 11.1. The maximum Gasteiger partial charge on any atom is 0.309 e. The Balaban J connectivity index is 2.85. The summed E-state index contributed by atoms with van der Waals surface area (Å²) in [5.41, 5.74) is 0. The lowest BCUT2D eigenvalue weighted by Crippen LogP contribution is -2.61. The molecule has 0 spiro atoms. The molecule has 0 aromatic heterocycles. The van der Waals surface area contributed by atoms with Crippen LogP contribution in [0.3, 0.4) is 0 Å². The summed E-state index contributed by atoms with van der Waals surface area (Å²) in [4.78, 5) is 35.3. The second-order valence-corrected chi connectivity index (χ2v) is 6.63. The molecule has 18 heteroatoms. The van der Waals surface area contributed by atoms with Gasteiger partial charge in [-0.05, 0) is 0 Å². The summed E-state index contributed by atoms with van der Waals surface area (Å²) in [6, 6.07) is 0. The molecule has 5 N–H and O–H groups in total. The zero-order valence-electron chi connectivity index (χ0n) is 17.0. The number of rotatable bonds is 13. The highest BCUT2D eigenvalue weighted by molar-refractivity contribution is 5.71. The molecule has 0 aliphatic carbocycles. The lowest BCUT2D eigenvalue weighted by Gasteiger charge is -2.41. The van der Waals surface area contributed by atoms with Crippen molar-refractivity contribution >= 4 is 17.9 Å². The van der Waals surface area contributed by atoms with Gasteiger partial charge in [0, 0.05) is 19.6 Å². The Labute approximate surface area is 185 Å². The minimum atomic E-state index is -1.95. The number of ether oxygens (including phenoxy) is 4. The maximum atomic E-state index is 11.9. The van der Waals surface area contributed by atoms with E-state index in [4.69, 9.17) is 34.6 Å². The van der Waals surface area contributed by atoms with Gasteiger partial charge in [0.1, 0.15) is 24.9 Å². The van der Waals surface area contributed by atoms with Crippen LogP contribution in [-0.4, -0.2) is 116 Å². The van der Waals surface area contributed by atoms with E-state index in [0.717, 1.165) is 0 Å². The molecule has 0 unspecified atom stereocenters. The molecule has 1 fully saturated rings. The van der Waals surface area contributed by atoms with Crippen LogP contribution in [-0.2, 0) is 33.3 Å². The average Bonchev–Trinajstić information content (AvgIpc) is 2.73. The van der Waals surface area contributed by atoms with Crippen molar-refractivity contribution in [3.8, 4) is 0 Å². The summed E-state index contributed by atoms with van der Waals surface area (Å²) in [5.74, 6) is -3.28. The van der Waals surface area contributed by atoms with Crippen LogP contribution in [0.25, 0.3) is 0 Å². The van der Waals surface area contributed by atoms with E-state index < -0.39 is 110 Å². The van der Waals surface area contributed by atoms with E-state index in [9.17, 15) is 40.2 Å². The number of aliphatic hydroxyl groups excluding tert-OH is 2. The molecule has 0 aromatic carbocycles. The van der Waals surface area contributed by atoms with Crippen molar-refractivity contribution in [3.05, 3.63) is 15.6 Å². The molecule has 1 aliphatic rings. The van der Waals surface area contributed by atoms with Crippen molar-refractivity contribution in [1.29, 1.82) is 0 Å². The first-order valence-electron chi connectivity index (χ1n) is 9.37. The molecule has 0 saturated carbocycles. The Morgan fingerprint density at radius 1 is 0.758 bits per heavy atom. The predicted octanol–water partition coefficient (Wildman–Crippen LogP) is -2.83. The van der Waals surface area contributed by atoms with Gasteiger partial charge < -0.3 is 60.4 Å². The summed E-state index contributed by atoms with van der Waals surface area (Å²) in [6.07, 6.45) is -10.9. The van der Waals surface area contributed by atoms with Crippen LogP contribution in [0.1, 0.15) is 19.3 Å². The van der Waals surface area contributed by atoms with Gasteiger partial charge in [-0.1, -0.05) is 0 Å². The van der Waals surface area contributed by atoms with Gasteiger partial charge in [-0.25, -0.2) is 0 Å². The fourth-order valence-corrected chi connectivity index (χ4v) is 2.47. The van der Waals surface area contributed by atoms with E-state index in [1.165, 1.54) is 0 Å². The fourth-order valence-electron chi connectivity index (χ4n) is 2.47. The third-order valence-electron chi connectivity index (χ3n) is 4.09. The molecular formula is C15H24N3O15-3. The van der Waals surface area contributed by atoms with Gasteiger partial charge >= 0.3 is 17.9 Å². The molecule has 192 valence electrons. The first-order valence-corrected chi connectivity index (χ1v) is 9.37. The van der Waals surface area contributed by atoms with Gasteiger partial charge in [0.2, 0.25) is 6.29 Å². The molecular weight excluding hydrogens is 462 g/mol. The van der Waals surface area contributed by atoms with E-state index in [2.05, 4.69) is 0 Å². The van der Waals surface area contributed by atoms with Gasteiger partial charge in [-0.2, -0.15) is 0 Å². The van der Waals surface area contributed by atoms with Gasteiger partial charge in [0.15, 0.2) is 6.10 Å². The third-order valence-corrected chi connectivity index (χ3v) is 4.09. The molecule has 0 aromatic rings. The molecule has 1 saturated heterocycles. The molecule has 1 heterocycles. The highest BCUT2D eigenvalue weighted by Gasteiger charge is 2.49. The smallest absolute Gasteiger partial charge is 0.309 e. The summed E-state index contributed by atoms with van der Waals surface area (Å²) >= 11 is 0. The Morgan fingerprint density at radius 2 is 1.21 bits per heavy atom. The lowest BCUT2D eigenvalue weighted by atomic mass is 9.99. The number of hydroxylamine groups is 6. The first kappa shape index (κ1) is 29.0. The van der Waals surface area contributed by atoms with E-state index >= 15 is 0 Å². The highest BCUT2D eigenvalue weighted by Crippen LogP contribution is 2.26. The van der Waals surface area contributed by atoms with Crippen LogP contribution in [0.2, 0.25) is 0 Å². The number of carbonyl (C=O) groups is 3. The van der Waals surface area contributed by atoms with Crippen LogP contribution in [0, 0.1) is 15.6 Å². The number of nitrogens with zero attached hydrogens (tertiary/aromatic N) is 3. The van der Waals surface area contributed by atoms with Gasteiger partial charge in [-0.15, -0.1) is 0 Å². The normalized spacial score (nSPS) is 25.4. The Morgan fingerprint density at radius 3 is 1.70 bits per heavy atom. The van der Waals surface area contributed by atoms with Crippen LogP contribution >= 0.6 is 0 Å². The minimum absolute atomic E-state index is 0.510.